The number of benzene rings is 1. The van der Waals surface area contributed by atoms with Crippen LogP contribution < -0.4 is 5.32 Å². The molecule has 3 atom stereocenters. The van der Waals surface area contributed by atoms with E-state index in [4.69, 9.17) is 4.74 Å². The maximum absolute atomic E-state index is 13.4. The second kappa shape index (κ2) is 6.33. The van der Waals surface area contributed by atoms with E-state index in [9.17, 15) is 9.18 Å². The van der Waals surface area contributed by atoms with Crippen LogP contribution in [0, 0.1) is 5.82 Å². The lowest BCUT2D eigenvalue weighted by Gasteiger charge is -2.30. The molecule has 1 amide bonds. The van der Waals surface area contributed by atoms with E-state index >= 15 is 0 Å². The Morgan fingerprint density at radius 2 is 2.25 bits per heavy atom. The highest BCUT2D eigenvalue weighted by Gasteiger charge is 2.39. The van der Waals surface area contributed by atoms with E-state index in [1.165, 1.54) is 12.1 Å². The van der Waals surface area contributed by atoms with Crippen LogP contribution in [0.4, 0.5) is 4.39 Å². The number of carbonyl (C=O) groups is 1. The predicted octanol–water partition coefficient (Wildman–Crippen LogP) is 2.07. The number of nitrogens with zero attached hydrogens (tertiary/aromatic N) is 1. The van der Waals surface area contributed by atoms with Crippen molar-refractivity contribution in [1.82, 2.24) is 10.2 Å². The van der Waals surface area contributed by atoms with E-state index in [0.29, 0.717) is 13.2 Å². The van der Waals surface area contributed by atoms with Crippen LogP contribution in [-0.2, 0) is 9.53 Å². The molecule has 1 aromatic carbocycles. The number of halogens is 1. The highest BCUT2D eigenvalue weighted by atomic mass is 19.1. The first-order chi connectivity index (χ1) is 9.54. The number of hydrogen-bond acceptors (Lipinski definition) is 3. The largest absolute Gasteiger partial charge is 0.380 e. The molecule has 0 saturated carbocycles. The molecule has 2 rings (SSSR count). The Kier molecular flexibility index (Phi) is 4.73. The fourth-order valence-electron chi connectivity index (χ4n) is 2.51. The van der Waals surface area contributed by atoms with E-state index < -0.39 is 0 Å². The van der Waals surface area contributed by atoms with Crippen LogP contribution in [-0.4, -0.2) is 36.1 Å². The summed E-state index contributed by atoms with van der Waals surface area (Å²) < 4.78 is 18.8. The molecule has 1 fully saturated rings. The van der Waals surface area contributed by atoms with Crippen LogP contribution in [0.3, 0.4) is 0 Å². The van der Waals surface area contributed by atoms with Gasteiger partial charge < -0.3 is 9.64 Å². The van der Waals surface area contributed by atoms with Gasteiger partial charge >= 0.3 is 0 Å². The van der Waals surface area contributed by atoms with Crippen LogP contribution >= 0.6 is 0 Å². The van der Waals surface area contributed by atoms with Gasteiger partial charge in [-0.05, 0) is 38.5 Å². The van der Waals surface area contributed by atoms with E-state index in [1.807, 2.05) is 26.8 Å². The van der Waals surface area contributed by atoms with Gasteiger partial charge in [0.2, 0.25) is 5.91 Å². The first kappa shape index (κ1) is 14.9. The molecule has 1 aromatic rings. The molecule has 110 valence electrons. The fourth-order valence-corrected chi connectivity index (χ4v) is 2.51. The summed E-state index contributed by atoms with van der Waals surface area (Å²) in [5.74, 6) is -0.278. The molecule has 1 aliphatic rings. The summed E-state index contributed by atoms with van der Waals surface area (Å²) in [6.45, 7) is 6.77. The van der Waals surface area contributed by atoms with Gasteiger partial charge in [0.15, 0.2) is 0 Å². The SMILES string of the molecule is CCOCC(C)N1C(=O)C(C)NC1c1cccc(F)c1. The van der Waals surface area contributed by atoms with Gasteiger partial charge in [0.1, 0.15) is 12.0 Å². The average Bonchev–Trinajstić information content (AvgIpc) is 2.72. The van der Waals surface area contributed by atoms with Gasteiger partial charge in [0.05, 0.1) is 18.7 Å². The molecule has 0 spiro atoms. The summed E-state index contributed by atoms with van der Waals surface area (Å²) in [5, 5.41) is 3.21. The number of rotatable bonds is 5. The molecule has 0 radical (unpaired) electrons. The van der Waals surface area contributed by atoms with E-state index in [0.717, 1.165) is 5.56 Å². The standard InChI is InChI=1S/C15H21FN2O2/c1-4-20-9-10(2)18-14(17-11(3)15(18)19)12-6-5-7-13(16)8-12/h5-8,10-11,14,17H,4,9H2,1-3H3. The highest BCUT2D eigenvalue weighted by Crippen LogP contribution is 2.28. The van der Waals surface area contributed by atoms with Crippen molar-refractivity contribution in [3.63, 3.8) is 0 Å². The Labute approximate surface area is 118 Å². The summed E-state index contributed by atoms with van der Waals surface area (Å²) in [4.78, 5) is 14.0. The third-order valence-corrected chi connectivity index (χ3v) is 3.51. The van der Waals surface area contributed by atoms with Crippen molar-refractivity contribution < 1.29 is 13.9 Å². The van der Waals surface area contributed by atoms with Gasteiger partial charge in [-0.1, -0.05) is 12.1 Å². The fraction of sp³-hybridized carbons (Fsp3) is 0.533. The van der Waals surface area contributed by atoms with Gasteiger partial charge in [-0.25, -0.2) is 4.39 Å². The molecule has 0 aliphatic carbocycles. The minimum Gasteiger partial charge on any atom is -0.380 e. The quantitative estimate of drug-likeness (QED) is 0.897. The number of hydrogen-bond donors (Lipinski definition) is 1. The Bertz CT molecular complexity index is 481. The second-order valence-electron chi connectivity index (χ2n) is 5.10. The zero-order valence-electron chi connectivity index (χ0n) is 12.1. The molecule has 20 heavy (non-hydrogen) atoms. The Hall–Kier alpha value is -1.46. The van der Waals surface area contributed by atoms with Gasteiger partial charge in [0, 0.05) is 6.61 Å². The number of ether oxygens (including phenoxy) is 1. The van der Waals surface area contributed by atoms with Crippen LogP contribution in [0.5, 0.6) is 0 Å². The lowest BCUT2D eigenvalue weighted by atomic mass is 10.1. The van der Waals surface area contributed by atoms with Crippen LogP contribution in [0.1, 0.15) is 32.5 Å². The molecule has 5 heteroatoms. The maximum atomic E-state index is 13.4. The summed E-state index contributed by atoms with van der Waals surface area (Å²) >= 11 is 0. The topological polar surface area (TPSA) is 41.6 Å². The average molecular weight is 280 g/mol. The smallest absolute Gasteiger partial charge is 0.241 e. The van der Waals surface area contributed by atoms with Crippen molar-refractivity contribution in [2.45, 2.75) is 39.0 Å². The van der Waals surface area contributed by atoms with Gasteiger partial charge in [0.25, 0.3) is 0 Å². The summed E-state index contributed by atoms with van der Waals surface area (Å²) in [5.41, 5.74) is 0.756. The summed E-state index contributed by atoms with van der Waals surface area (Å²) in [6.07, 6.45) is -0.302. The third-order valence-electron chi connectivity index (χ3n) is 3.51. The molecule has 3 unspecified atom stereocenters. The molecule has 1 N–H and O–H groups in total. The van der Waals surface area contributed by atoms with Crippen molar-refractivity contribution in [2.75, 3.05) is 13.2 Å². The maximum Gasteiger partial charge on any atom is 0.241 e. The molecular weight excluding hydrogens is 259 g/mol. The van der Waals surface area contributed by atoms with E-state index in [1.54, 1.807) is 11.0 Å². The van der Waals surface area contributed by atoms with Crippen molar-refractivity contribution in [3.05, 3.63) is 35.6 Å². The lowest BCUT2D eigenvalue weighted by molar-refractivity contribution is -0.133. The molecule has 1 heterocycles. The zero-order valence-corrected chi connectivity index (χ0v) is 12.1. The molecule has 0 bridgehead atoms. The second-order valence-corrected chi connectivity index (χ2v) is 5.10. The minimum atomic E-state index is -0.302. The van der Waals surface area contributed by atoms with Crippen molar-refractivity contribution in [3.8, 4) is 0 Å². The summed E-state index contributed by atoms with van der Waals surface area (Å²) in [6, 6.07) is 6.01. The van der Waals surface area contributed by atoms with E-state index in [2.05, 4.69) is 5.32 Å². The Balaban J connectivity index is 2.23. The van der Waals surface area contributed by atoms with E-state index in [-0.39, 0.29) is 30.0 Å². The monoisotopic (exact) mass is 280 g/mol. The molecule has 4 nitrogen and oxygen atoms in total. The molecular formula is C15H21FN2O2. The lowest BCUT2D eigenvalue weighted by Crippen LogP contribution is -2.41. The van der Waals surface area contributed by atoms with Gasteiger partial charge in [-0.2, -0.15) is 0 Å². The molecule has 0 aromatic heterocycles. The van der Waals surface area contributed by atoms with Gasteiger partial charge in [-0.3, -0.25) is 10.1 Å². The van der Waals surface area contributed by atoms with Gasteiger partial charge in [-0.15, -0.1) is 0 Å². The van der Waals surface area contributed by atoms with Crippen molar-refractivity contribution >= 4 is 5.91 Å². The van der Waals surface area contributed by atoms with Crippen molar-refractivity contribution in [2.24, 2.45) is 0 Å². The first-order valence-electron chi connectivity index (χ1n) is 6.96. The predicted molar refractivity (Wildman–Crippen MR) is 74.5 cm³/mol. The first-order valence-corrected chi connectivity index (χ1v) is 6.96. The highest BCUT2D eigenvalue weighted by molar-refractivity contribution is 5.84. The zero-order chi connectivity index (χ0) is 14.7. The Morgan fingerprint density at radius 1 is 1.50 bits per heavy atom. The summed E-state index contributed by atoms with van der Waals surface area (Å²) in [7, 11) is 0. The number of amides is 1. The van der Waals surface area contributed by atoms with Crippen LogP contribution in [0.25, 0.3) is 0 Å². The van der Waals surface area contributed by atoms with Crippen LogP contribution in [0.2, 0.25) is 0 Å². The minimum absolute atomic E-state index is 0.0199. The van der Waals surface area contributed by atoms with Crippen molar-refractivity contribution in [1.29, 1.82) is 0 Å². The van der Waals surface area contributed by atoms with Crippen LogP contribution in [0.15, 0.2) is 24.3 Å². The molecule has 1 saturated heterocycles. The Morgan fingerprint density at radius 3 is 2.90 bits per heavy atom. The third kappa shape index (κ3) is 2.99. The normalized spacial score (nSPS) is 24.2. The number of nitrogens with one attached hydrogen (secondary N) is 1. The molecule has 1 aliphatic heterocycles. The number of carbonyl (C=O) groups excluding carboxylic acids is 1.